The maximum atomic E-state index is 12.8. The van der Waals surface area contributed by atoms with E-state index in [1.165, 1.54) is 35.5 Å². The van der Waals surface area contributed by atoms with Crippen molar-refractivity contribution in [2.75, 3.05) is 5.32 Å². The number of nitro groups is 1. The summed E-state index contributed by atoms with van der Waals surface area (Å²) in [7, 11) is 0. The van der Waals surface area contributed by atoms with Crippen molar-refractivity contribution in [2.24, 2.45) is 0 Å². The Hall–Kier alpha value is -3.40. The molecule has 1 heterocycles. The molecule has 0 saturated heterocycles. The van der Waals surface area contributed by atoms with Crippen LogP contribution in [0.25, 0.3) is 0 Å². The molecular formula is C25H31N5O4S. The summed E-state index contributed by atoms with van der Waals surface area (Å²) in [5, 5.41) is 22.5. The van der Waals surface area contributed by atoms with Crippen LogP contribution in [0.4, 0.5) is 11.4 Å². The second-order valence-electron chi connectivity index (χ2n) is 8.85. The van der Waals surface area contributed by atoms with Crippen molar-refractivity contribution in [2.45, 2.75) is 70.0 Å². The van der Waals surface area contributed by atoms with Crippen LogP contribution in [-0.2, 0) is 4.79 Å². The number of rotatable bonds is 10. The Kier molecular flexibility index (Phi) is 8.50. The second kappa shape index (κ2) is 11.4. The Morgan fingerprint density at radius 3 is 2.34 bits per heavy atom. The fraction of sp³-hybridized carbons (Fsp3) is 0.400. The molecule has 0 bridgehead atoms. The van der Waals surface area contributed by atoms with Crippen LogP contribution in [0, 0.1) is 10.1 Å². The van der Waals surface area contributed by atoms with Crippen LogP contribution in [0.5, 0.6) is 5.75 Å². The lowest BCUT2D eigenvalue weighted by Crippen LogP contribution is -2.23. The van der Waals surface area contributed by atoms with E-state index in [1.807, 2.05) is 37.5 Å². The average molecular weight is 498 g/mol. The second-order valence-corrected chi connectivity index (χ2v) is 10.2. The molecule has 186 valence electrons. The highest BCUT2D eigenvalue weighted by Crippen LogP contribution is 2.30. The van der Waals surface area contributed by atoms with E-state index < -0.39 is 10.2 Å². The first kappa shape index (κ1) is 26.2. The van der Waals surface area contributed by atoms with Crippen molar-refractivity contribution >= 4 is 29.0 Å². The van der Waals surface area contributed by atoms with Gasteiger partial charge in [0, 0.05) is 23.9 Å². The third-order valence-corrected chi connectivity index (χ3v) is 6.46. The highest BCUT2D eigenvalue weighted by molar-refractivity contribution is 8.00. The van der Waals surface area contributed by atoms with E-state index in [1.54, 1.807) is 13.0 Å². The molecule has 3 rings (SSSR count). The summed E-state index contributed by atoms with van der Waals surface area (Å²) < 4.78 is 8.10. The topological polar surface area (TPSA) is 112 Å². The van der Waals surface area contributed by atoms with Gasteiger partial charge in [-0.25, -0.2) is 0 Å². The van der Waals surface area contributed by atoms with Gasteiger partial charge in [0.05, 0.1) is 10.2 Å². The number of benzene rings is 2. The summed E-state index contributed by atoms with van der Waals surface area (Å²) in [6, 6.07) is 13.9. The summed E-state index contributed by atoms with van der Waals surface area (Å²) in [5.41, 5.74) is 1.53. The van der Waals surface area contributed by atoms with Crippen molar-refractivity contribution < 1.29 is 14.5 Å². The van der Waals surface area contributed by atoms with Crippen molar-refractivity contribution in [1.82, 2.24) is 14.8 Å². The molecule has 2 atom stereocenters. The van der Waals surface area contributed by atoms with Crippen LogP contribution in [0.3, 0.4) is 0 Å². The number of hydrogen-bond acceptors (Lipinski definition) is 7. The number of ether oxygens (including phenoxy) is 1. The molecule has 2 unspecified atom stereocenters. The van der Waals surface area contributed by atoms with E-state index in [-0.39, 0.29) is 23.7 Å². The van der Waals surface area contributed by atoms with Gasteiger partial charge < -0.3 is 14.6 Å². The third-order valence-electron chi connectivity index (χ3n) is 5.41. The van der Waals surface area contributed by atoms with E-state index >= 15 is 0 Å². The molecule has 3 aromatic rings. The summed E-state index contributed by atoms with van der Waals surface area (Å²) >= 11 is 1.27. The van der Waals surface area contributed by atoms with Gasteiger partial charge in [0.15, 0.2) is 17.1 Å². The molecule has 0 aliphatic rings. The number of amides is 1. The monoisotopic (exact) mass is 497 g/mol. The maximum absolute atomic E-state index is 12.8. The fourth-order valence-corrected chi connectivity index (χ4v) is 4.46. The zero-order valence-electron chi connectivity index (χ0n) is 20.8. The predicted molar refractivity (Wildman–Crippen MR) is 137 cm³/mol. The lowest BCUT2D eigenvalue weighted by Gasteiger charge is -2.20. The van der Waals surface area contributed by atoms with E-state index in [4.69, 9.17) is 4.74 Å². The van der Waals surface area contributed by atoms with Gasteiger partial charge >= 0.3 is 0 Å². The Morgan fingerprint density at radius 1 is 1.06 bits per heavy atom. The van der Waals surface area contributed by atoms with E-state index in [9.17, 15) is 14.9 Å². The molecule has 0 aliphatic heterocycles. The first-order valence-corrected chi connectivity index (χ1v) is 12.4. The van der Waals surface area contributed by atoms with Crippen molar-refractivity contribution in [1.29, 1.82) is 0 Å². The van der Waals surface area contributed by atoms with E-state index in [0.29, 0.717) is 22.6 Å². The first-order chi connectivity index (χ1) is 16.6. The zero-order valence-corrected chi connectivity index (χ0v) is 21.6. The molecule has 9 nitrogen and oxygen atoms in total. The largest absolute Gasteiger partial charge is 0.483 e. The van der Waals surface area contributed by atoms with E-state index in [0.717, 1.165) is 5.75 Å². The van der Waals surface area contributed by atoms with Crippen LogP contribution >= 0.6 is 11.8 Å². The Labute approximate surface area is 209 Å². The Balaban J connectivity index is 1.72. The summed E-state index contributed by atoms with van der Waals surface area (Å²) in [6.45, 7) is 12.0. The van der Waals surface area contributed by atoms with Crippen LogP contribution in [0.2, 0.25) is 0 Å². The number of nitro benzene ring substituents is 1. The number of nitrogens with zero attached hydrogens (tertiary/aromatic N) is 4. The summed E-state index contributed by atoms with van der Waals surface area (Å²) in [5.74, 6) is 1.58. The number of carbonyl (C=O) groups is 1. The molecule has 2 aromatic carbocycles. The van der Waals surface area contributed by atoms with Crippen LogP contribution < -0.4 is 10.1 Å². The fourth-order valence-electron chi connectivity index (χ4n) is 3.47. The van der Waals surface area contributed by atoms with Gasteiger partial charge in [-0.15, -0.1) is 10.2 Å². The molecule has 0 fully saturated rings. The molecule has 35 heavy (non-hydrogen) atoms. The highest BCUT2D eigenvalue weighted by atomic mass is 32.2. The zero-order chi connectivity index (χ0) is 25.7. The predicted octanol–water partition coefficient (Wildman–Crippen LogP) is 6.15. The minimum atomic E-state index is -0.511. The number of non-ortho nitro benzene ring substituents is 1. The van der Waals surface area contributed by atoms with Gasteiger partial charge in [0.25, 0.3) is 5.69 Å². The smallest absolute Gasteiger partial charge is 0.271 e. The molecule has 0 spiro atoms. The van der Waals surface area contributed by atoms with Crippen LogP contribution in [0.15, 0.2) is 53.7 Å². The molecule has 0 aliphatic carbocycles. The number of nitrogens with one attached hydrogen (secondary N) is 1. The van der Waals surface area contributed by atoms with Gasteiger partial charge in [-0.3, -0.25) is 14.9 Å². The number of thioether (sulfide) groups is 1. The molecular weight excluding hydrogens is 466 g/mol. The lowest BCUT2D eigenvalue weighted by atomic mass is 10.0. The number of carbonyl (C=O) groups excluding carboxylic acids is 1. The van der Waals surface area contributed by atoms with Gasteiger partial charge in [0.2, 0.25) is 5.91 Å². The van der Waals surface area contributed by atoms with Crippen molar-refractivity contribution in [3.05, 3.63) is 70.0 Å². The minimum absolute atomic E-state index is 0.0453. The molecule has 0 radical (unpaired) electrons. The van der Waals surface area contributed by atoms with Gasteiger partial charge in [-0.2, -0.15) is 0 Å². The summed E-state index contributed by atoms with van der Waals surface area (Å²) in [6.07, 6.45) is -0.349. The lowest BCUT2D eigenvalue weighted by molar-refractivity contribution is -0.384. The highest BCUT2D eigenvalue weighted by Gasteiger charge is 2.25. The molecule has 1 amide bonds. The van der Waals surface area contributed by atoms with Crippen LogP contribution in [0.1, 0.15) is 71.0 Å². The number of aromatic nitrogens is 3. The normalized spacial score (nSPS) is 13.0. The minimum Gasteiger partial charge on any atom is -0.483 e. The number of anilines is 1. The third kappa shape index (κ3) is 6.60. The van der Waals surface area contributed by atoms with E-state index in [2.05, 4.69) is 41.5 Å². The quantitative estimate of drug-likeness (QED) is 0.203. The molecule has 1 aromatic heterocycles. The molecule has 1 N–H and O–H groups in total. The Morgan fingerprint density at radius 2 is 1.74 bits per heavy atom. The standard InChI is InChI=1S/C25H31N5O4S/c1-15(2)19-10-12-22(13-11-19)34-17(5)23-27-28-25(29(23)16(3)4)35-18(6)24(31)26-20-8-7-9-21(14-20)30(32)33/h7-18H,1-6H3,(H,26,31). The first-order valence-electron chi connectivity index (χ1n) is 11.5. The average Bonchev–Trinajstić information content (AvgIpc) is 3.23. The van der Waals surface area contributed by atoms with Gasteiger partial charge in [-0.1, -0.05) is 43.8 Å². The molecule has 10 heteroatoms. The summed E-state index contributed by atoms with van der Waals surface area (Å²) in [4.78, 5) is 23.2. The van der Waals surface area contributed by atoms with Gasteiger partial charge in [0.1, 0.15) is 5.75 Å². The van der Waals surface area contributed by atoms with Crippen molar-refractivity contribution in [3.63, 3.8) is 0 Å². The maximum Gasteiger partial charge on any atom is 0.271 e. The van der Waals surface area contributed by atoms with Crippen LogP contribution in [-0.4, -0.2) is 30.8 Å². The Bertz CT molecular complexity index is 1180. The number of hydrogen-bond donors (Lipinski definition) is 1. The SMILES string of the molecule is CC(Sc1nnc(C(C)Oc2ccc(C(C)C)cc2)n1C(C)C)C(=O)Nc1cccc([N+](=O)[O-])c1. The van der Waals surface area contributed by atoms with Crippen molar-refractivity contribution in [3.8, 4) is 5.75 Å². The van der Waals surface area contributed by atoms with Gasteiger partial charge in [-0.05, 0) is 57.4 Å². The molecule has 0 saturated carbocycles.